The zero-order valence-corrected chi connectivity index (χ0v) is 11.5. The number of aliphatic hydroxyl groups is 1. The first-order valence-corrected chi connectivity index (χ1v) is 6.63. The lowest BCUT2D eigenvalue weighted by molar-refractivity contribution is 0.105. The minimum atomic E-state index is -0.580. The summed E-state index contributed by atoms with van der Waals surface area (Å²) in [4.78, 5) is 4.22. The fourth-order valence-corrected chi connectivity index (χ4v) is 1.94. The summed E-state index contributed by atoms with van der Waals surface area (Å²) in [6, 6.07) is 7.07. The van der Waals surface area contributed by atoms with Crippen LogP contribution in [0.3, 0.4) is 0 Å². The molecule has 2 rings (SSSR count). The Balaban J connectivity index is 1.84. The van der Waals surface area contributed by atoms with Gasteiger partial charge in [0, 0.05) is 30.4 Å². The van der Waals surface area contributed by atoms with E-state index in [9.17, 15) is 5.11 Å². The molecule has 1 atom stereocenters. The van der Waals surface area contributed by atoms with Crippen molar-refractivity contribution in [3.05, 3.63) is 47.5 Å². The van der Waals surface area contributed by atoms with Gasteiger partial charge >= 0.3 is 0 Å². The van der Waals surface area contributed by atoms with Crippen LogP contribution in [0.4, 0.5) is 0 Å². The van der Waals surface area contributed by atoms with Gasteiger partial charge in [-0.3, -0.25) is 0 Å². The maximum Gasteiger partial charge on any atom is 0.119 e. The number of hydrogen-bond acceptors (Lipinski definition) is 3. The Morgan fingerprint density at radius 3 is 2.79 bits per heavy atom. The average molecular weight is 281 g/mol. The Hall–Kier alpha value is -1.52. The maximum absolute atomic E-state index is 9.95. The molecule has 102 valence electrons. The molecule has 0 bridgehead atoms. The van der Waals surface area contributed by atoms with E-state index in [1.54, 1.807) is 30.5 Å². The van der Waals surface area contributed by atoms with Crippen molar-refractivity contribution in [2.24, 2.45) is 0 Å². The second kappa shape index (κ2) is 6.59. The van der Waals surface area contributed by atoms with Crippen molar-refractivity contribution in [2.75, 3.05) is 6.61 Å². The molecule has 0 aliphatic rings. The lowest BCUT2D eigenvalue weighted by Gasteiger charge is -2.13. The number of ether oxygens (including phenoxy) is 1. The molecule has 0 spiro atoms. The largest absolute Gasteiger partial charge is 0.491 e. The highest BCUT2D eigenvalue weighted by molar-refractivity contribution is 6.30. The molecule has 0 aliphatic heterocycles. The topological polar surface area (TPSA) is 47.3 Å². The molecular weight excluding hydrogens is 264 g/mol. The quantitative estimate of drug-likeness (QED) is 0.884. The third kappa shape index (κ3) is 3.98. The molecular formula is C14H17ClN2O2. The van der Waals surface area contributed by atoms with Gasteiger partial charge in [-0.25, -0.2) is 4.98 Å². The van der Waals surface area contributed by atoms with E-state index in [2.05, 4.69) is 4.98 Å². The number of nitrogens with zero attached hydrogens (tertiary/aromatic N) is 2. The van der Waals surface area contributed by atoms with Gasteiger partial charge in [0.25, 0.3) is 0 Å². The van der Waals surface area contributed by atoms with Crippen LogP contribution in [0.5, 0.6) is 5.75 Å². The number of aliphatic hydroxyl groups excluding tert-OH is 1. The minimum absolute atomic E-state index is 0.234. The Kier molecular flexibility index (Phi) is 4.82. The van der Waals surface area contributed by atoms with Crippen LogP contribution in [0.25, 0.3) is 0 Å². The van der Waals surface area contributed by atoms with Crippen LogP contribution in [0.15, 0.2) is 36.7 Å². The first kappa shape index (κ1) is 13.9. The number of imidazole rings is 1. The number of aryl methyl sites for hydroxylation is 1. The molecule has 0 saturated heterocycles. The Labute approximate surface area is 117 Å². The maximum atomic E-state index is 9.95. The summed E-state index contributed by atoms with van der Waals surface area (Å²) in [5.74, 6) is 1.57. The number of aromatic nitrogens is 2. The summed E-state index contributed by atoms with van der Waals surface area (Å²) in [7, 11) is 0. The summed E-state index contributed by atoms with van der Waals surface area (Å²) in [5, 5.41) is 10.6. The summed E-state index contributed by atoms with van der Waals surface area (Å²) in [6.07, 6.45) is 3.55. The zero-order valence-electron chi connectivity index (χ0n) is 10.8. The molecule has 0 aliphatic carbocycles. The molecule has 5 heteroatoms. The van der Waals surface area contributed by atoms with Crippen LogP contribution >= 0.6 is 11.6 Å². The number of benzene rings is 1. The van der Waals surface area contributed by atoms with Gasteiger partial charge in [-0.2, -0.15) is 0 Å². The van der Waals surface area contributed by atoms with Crippen molar-refractivity contribution >= 4 is 11.6 Å². The van der Waals surface area contributed by atoms with E-state index in [1.165, 1.54) is 0 Å². The second-order valence-electron chi connectivity index (χ2n) is 4.25. The molecule has 1 unspecified atom stereocenters. The molecule has 0 fully saturated rings. The first-order valence-electron chi connectivity index (χ1n) is 6.25. The molecule has 1 N–H and O–H groups in total. The minimum Gasteiger partial charge on any atom is -0.491 e. The molecule has 0 radical (unpaired) electrons. The van der Waals surface area contributed by atoms with Crippen LogP contribution in [-0.4, -0.2) is 27.4 Å². The lowest BCUT2D eigenvalue weighted by atomic mass is 10.2. The second-order valence-corrected chi connectivity index (χ2v) is 4.69. The molecule has 1 aromatic carbocycles. The highest BCUT2D eigenvalue weighted by Gasteiger charge is 2.10. The predicted molar refractivity (Wildman–Crippen MR) is 74.6 cm³/mol. The van der Waals surface area contributed by atoms with Crippen LogP contribution in [0.1, 0.15) is 12.7 Å². The number of halogens is 1. The van der Waals surface area contributed by atoms with Gasteiger partial charge in [0.1, 0.15) is 18.2 Å². The van der Waals surface area contributed by atoms with Crippen LogP contribution in [0, 0.1) is 0 Å². The average Bonchev–Trinajstić information content (AvgIpc) is 2.85. The van der Waals surface area contributed by atoms with Gasteiger partial charge in [-0.05, 0) is 31.2 Å². The lowest BCUT2D eigenvalue weighted by Crippen LogP contribution is -2.22. The normalized spacial score (nSPS) is 12.4. The van der Waals surface area contributed by atoms with Crippen molar-refractivity contribution < 1.29 is 9.84 Å². The summed E-state index contributed by atoms with van der Waals surface area (Å²) < 4.78 is 7.50. The summed E-state index contributed by atoms with van der Waals surface area (Å²) in [6.45, 7) is 3.13. The van der Waals surface area contributed by atoms with Gasteiger partial charge in [0.15, 0.2) is 0 Å². The van der Waals surface area contributed by atoms with Crippen LogP contribution in [0.2, 0.25) is 5.02 Å². The molecule has 0 saturated carbocycles. The van der Waals surface area contributed by atoms with E-state index in [0.29, 0.717) is 17.2 Å². The standard InChI is InChI=1S/C14H17ClN2O2/c1-2-17-8-7-16-14(17)9-12(18)10-19-13-5-3-11(15)4-6-13/h3-8,12,18H,2,9-10H2,1H3. The Morgan fingerprint density at radius 1 is 1.37 bits per heavy atom. The van der Waals surface area contributed by atoms with Gasteiger partial charge in [-0.15, -0.1) is 0 Å². The van der Waals surface area contributed by atoms with Gasteiger partial charge in [0.2, 0.25) is 0 Å². The van der Waals surface area contributed by atoms with Crippen LogP contribution in [-0.2, 0) is 13.0 Å². The fourth-order valence-electron chi connectivity index (χ4n) is 1.81. The van der Waals surface area contributed by atoms with Crippen molar-refractivity contribution in [3.63, 3.8) is 0 Å². The monoisotopic (exact) mass is 280 g/mol. The molecule has 2 aromatic rings. The van der Waals surface area contributed by atoms with Gasteiger partial charge in [0.05, 0.1) is 6.10 Å². The molecule has 19 heavy (non-hydrogen) atoms. The van der Waals surface area contributed by atoms with E-state index in [4.69, 9.17) is 16.3 Å². The van der Waals surface area contributed by atoms with Crippen molar-refractivity contribution in [3.8, 4) is 5.75 Å². The molecule has 0 amide bonds. The molecule has 1 heterocycles. The van der Waals surface area contributed by atoms with Crippen molar-refractivity contribution in [1.29, 1.82) is 0 Å². The molecule has 1 aromatic heterocycles. The van der Waals surface area contributed by atoms with Crippen molar-refractivity contribution in [2.45, 2.75) is 26.0 Å². The fraction of sp³-hybridized carbons (Fsp3) is 0.357. The number of hydrogen-bond donors (Lipinski definition) is 1. The number of rotatable bonds is 6. The SMILES string of the molecule is CCn1ccnc1CC(O)COc1ccc(Cl)cc1. The molecule has 4 nitrogen and oxygen atoms in total. The third-order valence-electron chi connectivity index (χ3n) is 2.82. The van der Waals surface area contributed by atoms with Gasteiger partial charge in [-0.1, -0.05) is 11.6 Å². The smallest absolute Gasteiger partial charge is 0.119 e. The Morgan fingerprint density at radius 2 is 2.11 bits per heavy atom. The van der Waals surface area contributed by atoms with E-state index in [0.717, 1.165) is 12.4 Å². The van der Waals surface area contributed by atoms with E-state index in [1.807, 2.05) is 17.7 Å². The predicted octanol–water partition coefficient (Wildman–Crippen LogP) is 2.54. The summed E-state index contributed by atoms with van der Waals surface area (Å²) in [5.41, 5.74) is 0. The van der Waals surface area contributed by atoms with Crippen molar-refractivity contribution in [1.82, 2.24) is 9.55 Å². The zero-order chi connectivity index (χ0) is 13.7. The van der Waals surface area contributed by atoms with E-state index < -0.39 is 6.10 Å². The van der Waals surface area contributed by atoms with E-state index >= 15 is 0 Å². The third-order valence-corrected chi connectivity index (χ3v) is 3.07. The summed E-state index contributed by atoms with van der Waals surface area (Å²) >= 11 is 5.79. The highest BCUT2D eigenvalue weighted by Crippen LogP contribution is 2.15. The van der Waals surface area contributed by atoms with E-state index in [-0.39, 0.29) is 6.61 Å². The highest BCUT2D eigenvalue weighted by atomic mass is 35.5. The van der Waals surface area contributed by atoms with Crippen LogP contribution < -0.4 is 4.74 Å². The first-order chi connectivity index (χ1) is 9.19. The van der Waals surface area contributed by atoms with Gasteiger partial charge < -0.3 is 14.4 Å². The Bertz CT molecular complexity index is 510.